The van der Waals surface area contributed by atoms with Crippen LogP contribution in [-0.2, 0) is 0 Å². The molecule has 248 valence electrons. The molecule has 0 amide bonds. The normalized spacial score (nSPS) is 16.6. The number of hydrogen-bond acceptors (Lipinski definition) is 2. The van der Waals surface area contributed by atoms with Crippen LogP contribution >= 0.6 is 7.92 Å². The minimum Gasteiger partial charge on any atom is -0.661 e. The topological polar surface area (TPSA) is 43.4 Å². The second-order valence-corrected chi connectivity index (χ2v) is 15.7. The van der Waals surface area contributed by atoms with Gasteiger partial charge in [0.25, 0.3) is 0 Å². The summed E-state index contributed by atoms with van der Waals surface area (Å²) >= 11 is 0. The van der Waals surface area contributed by atoms with E-state index in [1.165, 1.54) is 94.5 Å². The molecule has 3 nitrogen and oxygen atoms in total. The molecule has 0 spiro atoms. The van der Waals surface area contributed by atoms with Gasteiger partial charge in [-0.05, 0) is 66.2 Å². The summed E-state index contributed by atoms with van der Waals surface area (Å²) in [4.78, 5) is 0. The maximum Gasteiger partial charge on any atom is 1.00 e. The van der Waals surface area contributed by atoms with Gasteiger partial charge in [-0.2, -0.15) is 13.5 Å². The summed E-state index contributed by atoms with van der Waals surface area (Å²) in [7, 11) is 2.27. The van der Waals surface area contributed by atoms with E-state index in [1.54, 1.807) is 0 Å². The SMILES string of the molecule is C[C@H](c1ccccc1)C(CN(N)c1ccccc1)c1ccccc1.C[N-]CP(C1CCCCC1)C1CCCCC1.[CH2-]CCCC.[Na+]. The third kappa shape index (κ3) is 14.5. The van der Waals surface area contributed by atoms with Crippen molar-refractivity contribution in [2.45, 2.75) is 120 Å². The Morgan fingerprint density at radius 3 is 1.63 bits per heavy atom. The molecule has 2 atom stereocenters. The predicted molar refractivity (Wildman–Crippen MR) is 202 cm³/mol. The number of benzene rings is 3. The summed E-state index contributed by atoms with van der Waals surface area (Å²) in [5.74, 6) is 7.08. The van der Waals surface area contributed by atoms with Crippen LogP contribution in [0, 0.1) is 6.92 Å². The van der Waals surface area contributed by atoms with Gasteiger partial charge in [-0.1, -0.05) is 144 Å². The van der Waals surface area contributed by atoms with Gasteiger partial charge in [0, 0.05) is 12.5 Å². The van der Waals surface area contributed by atoms with Crippen LogP contribution in [0.2, 0.25) is 0 Å². The molecule has 46 heavy (non-hydrogen) atoms. The predicted octanol–water partition coefficient (Wildman–Crippen LogP) is 9.06. The second-order valence-electron chi connectivity index (χ2n) is 13.0. The minimum absolute atomic E-state index is 0. The van der Waals surface area contributed by atoms with Crippen LogP contribution in [0.3, 0.4) is 0 Å². The molecule has 3 aromatic carbocycles. The zero-order valence-corrected chi connectivity index (χ0v) is 32.6. The average Bonchev–Trinajstić information content (AvgIpc) is 3.12. The van der Waals surface area contributed by atoms with Gasteiger partial charge in [0.15, 0.2) is 0 Å². The van der Waals surface area contributed by atoms with Crippen LogP contribution in [0.25, 0.3) is 5.32 Å². The Bertz CT molecular complexity index is 1080. The molecule has 2 aliphatic carbocycles. The summed E-state index contributed by atoms with van der Waals surface area (Å²) < 4.78 is 0. The first-order valence-corrected chi connectivity index (χ1v) is 19.5. The van der Waals surface area contributed by atoms with Crippen molar-refractivity contribution in [1.82, 2.24) is 0 Å². The molecule has 5 heteroatoms. The molecule has 2 fully saturated rings. The molecule has 5 rings (SSSR count). The largest absolute Gasteiger partial charge is 1.00 e. The molecule has 2 aliphatic rings. The van der Waals surface area contributed by atoms with Crippen LogP contribution in [0.1, 0.15) is 120 Å². The Hall–Kier alpha value is -1.19. The van der Waals surface area contributed by atoms with E-state index in [4.69, 9.17) is 5.84 Å². The van der Waals surface area contributed by atoms with Crippen LogP contribution in [0.4, 0.5) is 5.69 Å². The van der Waals surface area contributed by atoms with Crippen molar-refractivity contribution < 1.29 is 29.6 Å². The summed E-state index contributed by atoms with van der Waals surface area (Å²) in [5.41, 5.74) is 5.86. The van der Waals surface area contributed by atoms with Crippen molar-refractivity contribution in [3.05, 3.63) is 114 Å². The van der Waals surface area contributed by atoms with Crippen molar-refractivity contribution in [2.75, 3.05) is 24.9 Å². The van der Waals surface area contributed by atoms with Gasteiger partial charge >= 0.3 is 29.6 Å². The average molecular weight is 651 g/mol. The molecule has 0 saturated heterocycles. The van der Waals surface area contributed by atoms with Gasteiger partial charge in [0.2, 0.25) is 0 Å². The second kappa shape index (κ2) is 24.9. The molecule has 2 N–H and O–H groups in total. The molecule has 0 bridgehead atoms. The van der Waals surface area contributed by atoms with E-state index in [0.717, 1.165) is 30.0 Å². The number of nitrogens with zero attached hydrogens (tertiary/aromatic N) is 2. The zero-order chi connectivity index (χ0) is 32.1. The number of anilines is 1. The molecule has 0 aromatic heterocycles. The monoisotopic (exact) mass is 650 g/mol. The molecule has 0 heterocycles. The summed E-state index contributed by atoms with van der Waals surface area (Å²) in [6.07, 6.45) is 20.0. The maximum absolute atomic E-state index is 6.38. The zero-order valence-electron chi connectivity index (χ0n) is 29.7. The van der Waals surface area contributed by atoms with Crippen LogP contribution in [-0.4, -0.2) is 31.2 Å². The fraction of sp³-hybridized carbons (Fsp3) is 0.537. The Labute approximate surface area is 306 Å². The van der Waals surface area contributed by atoms with Crippen molar-refractivity contribution in [2.24, 2.45) is 5.84 Å². The molecular formula is C41H62N3NaP-. The first-order valence-electron chi connectivity index (χ1n) is 17.9. The molecular weight excluding hydrogens is 588 g/mol. The van der Waals surface area contributed by atoms with Gasteiger partial charge in [-0.3, -0.25) is 0 Å². The van der Waals surface area contributed by atoms with E-state index in [0.29, 0.717) is 11.8 Å². The number of hydrazine groups is 1. The molecule has 0 aliphatic heterocycles. The third-order valence-electron chi connectivity index (χ3n) is 9.63. The van der Waals surface area contributed by atoms with E-state index in [9.17, 15) is 0 Å². The van der Waals surface area contributed by atoms with Gasteiger partial charge in [0.05, 0.1) is 5.69 Å². The van der Waals surface area contributed by atoms with Crippen molar-refractivity contribution in [1.29, 1.82) is 0 Å². The fourth-order valence-corrected chi connectivity index (χ4v) is 10.4. The first-order chi connectivity index (χ1) is 22.1. The number of para-hydroxylation sites is 1. The molecule has 3 aromatic rings. The maximum atomic E-state index is 6.38. The van der Waals surface area contributed by atoms with Crippen LogP contribution in [0.15, 0.2) is 91.0 Å². The van der Waals surface area contributed by atoms with Crippen LogP contribution in [0.5, 0.6) is 0 Å². The summed E-state index contributed by atoms with van der Waals surface area (Å²) in [6.45, 7) is 8.90. The summed E-state index contributed by atoms with van der Waals surface area (Å²) in [5, 5.41) is 6.37. The van der Waals surface area contributed by atoms with E-state index in [-0.39, 0.29) is 37.5 Å². The van der Waals surface area contributed by atoms with Crippen molar-refractivity contribution in [3.8, 4) is 0 Å². The number of unbranched alkanes of at least 4 members (excludes halogenated alkanes) is 2. The Morgan fingerprint density at radius 1 is 0.761 bits per heavy atom. The molecule has 2 saturated carbocycles. The summed E-state index contributed by atoms with van der Waals surface area (Å²) in [6, 6.07) is 31.5. The number of hydrogen-bond donors (Lipinski definition) is 1. The van der Waals surface area contributed by atoms with Crippen LogP contribution < -0.4 is 40.4 Å². The third-order valence-corrected chi connectivity index (χ3v) is 13.2. The Balaban J connectivity index is 0.000000289. The first kappa shape index (κ1) is 41.0. The fourth-order valence-electron chi connectivity index (χ4n) is 6.95. The smallest absolute Gasteiger partial charge is 0.661 e. The quantitative estimate of drug-likeness (QED) is 0.0699. The Morgan fingerprint density at radius 2 is 1.22 bits per heavy atom. The van der Waals surface area contributed by atoms with Gasteiger partial charge in [-0.15, -0.1) is 14.2 Å². The van der Waals surface area contributed by atoms with Crippen molar-refractivity contribution >= 4 is 13.6 Å². The van der Waals surface area contributed by atoms with E-state index >= 15 is 0 Å². The standard InChI is InChI=1S/C22H24N2.C14H27NP.C5H11.Na/c1-18(19-11-5-2-6-12-19)22(20-13-7-3-8-14-20)17-24(23)21-15-9-4-10-16-21;1-15-12-16(13-8-4-2-5-9-13)14-10-6-3-7-11-14;1-3-5-4-2;/h2-16,18,22H,17,23H2,1H3;13-14H,2-12H2,1H3;1,3-5H2,2H3;/q;2*-1;+1/t18-,22?;;;/m1.../s1. The van der Waals surface area contributed by atoms with E-state index < -0.39 is 0 Å². The minimum atomic E-state index is 0. The van der Waals surface area contributed by atoms with Crippen molar-refractivity contribution in [3.63, 3.8) is 0 Å². The van der Waals surface area contributed by atoms with Gasteiger partial charge in [0.1, 0.15) is 0 Å². The van der Waals surface area contributed by atoms with Gasteiger partial charge in [-0.25, -0.2) is 5.84 Å². The number of rotatable bonds is 12. The molecule has 1 unspecified atom stereocenters. The van der Waals surface area contributed by atoms with E-state index in [1.807, 2.05) is 30.3 Å². The Kier molecular flexibility index (Phi) is 22.2. The molecule has 0 radical (unpaired) electrons. The van der Waals surface area contributed by atoms with E-state index in [2.05, 4.69) is 98.9 Å². The van der Waals surface area contributed by atoms with Gasteiger partial charge < -0.3 is 17.2 Å². The number of nitrogens with two attached hydrogens (primary N) is 1.